The number of carbonyl (C=O) groups is 1. The molecule has 2 rings (SSSR count). The van der Waals surface area contributed by atoms with Crippen LogP contribution in [0.3, 0.4) is 0 Å². The van der Waals surface area contributed by atoms with Gasteiger partial charge in [0.05, 0.1) is 10.9 Å². The molecule has 1 aromatic carbocycles. The van der Waals surface area contributed by atoms with E-state index in [2.05, 4.69) is 15.3 Å². The van der Waals surface area contributed by atoms with Crippen LogP contribution < -0.4 is 16.6 Å². The first-order valence-corrected chi connectivity index (χ1v) is 7.64. The number of fused-ring (bicyclic) bond motifs is 1. The van der Waals surface area contributed by atoms with Gasteiger partial charge in [-0.1, -0.05) is 18.2 Å². The zero-order valence-corrected chi connectivity index (χ0v) is 13.9. The number of alkyl carbamates (subject to hydrolysis) is 1. The minimum atomic E-state index is -0.524. The van der Waals surface area contributed by atoms with Crippen molar-refractivity contribution in [3.05, 3.63) is 50.7 Å². The molecule has 24 heavy (non-hydrogen) atoms. The minimum Gasteiger partial charge on any atom is -0.444 e. The zero-order chi connectivity index (χ0) is 17.7. The van der Waals surface area contributed by atoms with Gasteiger partial charge in [0.15, 0.2) is 0 Å². The number of benzene rings is 1. The van der Waals surface area contributed by atoms with E-state index in [4.69, 9.17) is 4.74 Å². The molecule has 1 heterocycles. The third-order valence-corrected chi connectivity index (χ3v) is 3.05. The third kappa shape index (κ3) is 5.12. The van der Waals surface area contributed by atoms with Crippen molar-refractivity contribution in [1.29, 1.82) is 0 Å². The van der Waals surface area contributed by atoms with E-state index in [0.717, 1.165) is 5.56 Å². The van der Waals surface area contributed by atoms with E-state index in [0.29, 0.717) is 23.9 Å². The van der Waals surface area contributed by atoms with Crippen molar-refractivity contribution in [2.75, 3.05) is 6.54 Å². The van der Waals surface area contributed by atoms with E-state index in [-0.39, 0.29) is 0 Å². The lowest BCUT2D eigenvalue weighted by Crippen LogP contribution is -2.32. The van der Waals surface area contributed by atoms with Crippen molar-refractivity contribution in [3.8, 4) is 0 Å². The molecule has 0 radical (unpaired) electrons. The molecule has 0 aliphatic heterocycles. The van der Waals surface area contributed by atoms with Crippen molar-refractivity contribution >= 4 is 23.1 Å². The van der Waals surface area contributed by atoms with Crippen molar-refractivity contribution in [1.82, 2.24) is 15.3 Å². The van der Waals surface area contributed by atoms with Crippen molar-refractivity contribution in [3.63, 3.8) is 0 Å². The molecule has 0 saturated carbocycles. The van der Waals surface area contributed by atoms with Crippen LogP contribution >= 0.6 is 0 Å². The summed E-state index contributed by atoms with van der Waals surface area (Å²) in [6.45, 7) is 5.87. The summed E-state index contributed by atoms with van der Waals surface area (Å²) in [6, 6.07) is 5.18. The number of ether oxygens (including phenoxy) is 1. The highest BCUT2D eigenvalue weighted by molar-refractivity contribution is 5.80. The van der Waals surface area contributed by atoms with E-state index < -0.39 is 22.9 Å². The molecule has 1 aromatic heterocycles. The Morgan fingerprint density at radius 1 is 1.25 bits per heavy atom. The van der Waals surface area contributed by atoms with Gasteiger partial charge in [0.1, 0.15) is 5.60 Å². The molecule has 0 bridgehead atoms. The number of aromatic amines is 2. The fourth-order valence-corrected chi connectivity index (χ4v) is 2.08. The predicted octanol–water partition coefficient (Wildman–Crippen LogP) is 2.14. The van der Waals surface area contributed by atoms with E-state index in [1.54, 1.807) is 39.0 Å². The largest absolute Gasteiger partial charge is 0.444 e. The lowest BCUT2D eigenvalue weighted by atomic mass is 10.1. The zero-order valence-electron chi connectivity index (χ0n) is 13.9. The Hall–Kier alpha value is -2.83. The number of nitrogens with one attached hydrogen (secondary N) is 3. The molecule has 3 N–H and O–H groups in total. The number of amides is 1. The monoisotopic (exact) mass is 331 g/mol. The Balaban J connectivity index is 1.93. The van der Waals surface area contributed by atoms with E-state index >= 15 is 0 Å². The molecule has 0 unspecified atom stereocenters. The first kappa shape index (κ1) is 17.5. The number of hydrogen-bond acceptors (Lipinski definition) is 4. The van der Waals surface area contributed by atoms with Crippen molar-refractivity contribution in [2.24, 2.45) is 0 Å². The first-order chi connectivity index (χ1) is 11.2. The van der Waals surface area contributed by atoms with Gasteiger partial charge in [0.2, 0.25) is 0 Å². The average molecular weight is 331 g/mol. The standard InChI is InChI=1S/C17H21N3O4/c1-17(2,3)24-16(23)18-9-5-4-6-11-7-8-13-12(10-11)14(21)20-15(22)19-13/h4,6-8,10H,5,9H2,1-3H3,(H,18,23)(H2,19,20,21,22). The molecule has 7 heteroatoms. The predicted molar refractivity (Wildman–Crippen MR) is 93.1 cm³/mol. The average Bonchev–Trinajstić information content (AvgIpc) is 2.45. The third-order valence-electron chi connectivity index (χ3n) is 3.05. The maximum atomic E-state index is 11.8. The van der Waals surface area contributed by atoms with Gasteiger partial charge in [-0.05, 0) is 44.9 Å². The van der Waals surface area contributed by atoms with Crippen molar-refractivity contribution < 1.29 is 9.53 Å². The number of hydrogen-bond donors (Lipinski definition) is 3. The van der Waals surface area contributed by atoms with Crippen LogP contribution in [0.5, 0.6) is 0 Å². The quantitative estimate of drug-likeness (QED) is 0.747. The van der Waals surface area contributed by atoms with Crippen LogP contribution in [0.4, 0.5) is 4.79 Å². The van der Waals surface area contributed by atoms with Crippen LogP contribution in [0.15, 0.2) is 33.9 Å². The second kappa shape index (κ2) is 7.16. The number of H-pyrrole nitrogens is 2. The summed E-state index contributed by atoms with van der Waals surface area (Å²) in [6.07, 6.45) is 3.91. The number of aromatic nitrogens is 2. The topological polar surface area (TPSA) is 104 Å². The highest BCUT2D eigenvalue weighted by Crippen LogP contribution is 2.10. The molecule has 0 aliphatic rings. The van der Waals surface area contributed by atoms with Crippen LogP contribution in [0.2, 0.25) is 0 Å². The van der Waals surface area contributed by atoms with Gasteiger partial charge < -0.3 is 15.0 Å². The fourth-order valence-electron chi connectivity index (χ4n) is 2.08. The maximum absolute atomic E-state index is 11.8. The van der Waals surface area contributed by atoms with E-state index in [1.165, 1.54) is 0 Å². The Labute approximate surface area is 138 Å². The molecule has 1 amide bonds. The van der Waals surface area contributed by atoms with Crippen LogP contribution in [0, 0.1) is 0 Å². The van der Waals surface area contributed by atoms with Crippen LogP contribution in [-0.2, 0) is 4.74 Å². The molecule has 0 spiro atoms. The highest BCUT2D eigenvalue weighted by atomic mass is 16.6. The van der Waals surface area contributed by atoms with Crippen LogP contribution in [-0.4, -0.2) is 28.2 Å². The van der Waals surface area contributed by atoms with Crippen molar-refractivity contribution in [2.45, 2.75) is 32.8 Å². The molecular formula is C17H21N3O4. The van der Waals surface area contributed by atoms with Gasteiger partial charge in [0.25, 0.3) is 5.56 Å². The molecule has 2 aromatic rings. The van der Waals surface area contributed by atoms with Crippen LogP contribution in [0.1, 0.15) is 32.8 Å². The van der Waals surface area contributed by atoms with Gasteiger partial charge in [-0.15, -0.1) is 0 Å². The molecule has 0 fully saturated rings. The molecule has 128 valence electrons. The minimum absolute atomic E-state index is 0.420. The second-order valence-corrected chi connectivity index (χ2v) is 6.33. The Morgan fingerprint density at radius 3 is 2.71 bits per heavy atom. The summed E-state index contributed by atoms with van der Waals surface area (Å²) >= 11 is 0. The van der Waals surface area contributed by atoms with Gasteiger partial charge >= 0.3 is 11.8 Å². The second-order valence-electron chi connectivity index (χ2n) is 6.33. The molecule has 7 nitrogen and oxygen atoms in total. The Morgan fingerprint density at radius 2 is 2.00 bits per heavy atom. The number of carbonyl (C=O) groups excluding carboxylic acids is 1. The highest BCUT2D eigenvalue weighted by Gasteiger charge is 2.15. The lowest BCUT2D eigenvalue weighted by Gasteiger charge is -2.19. The van der Waals surface area contributed by atoms with Gasteiger partial charge in [-0.3, -0.25) is 9.78 Å². The summed E-state index contributed by atoms with van der Waals surface area (Å²) in [5.74, 6) is 0. The molecular weight excluding hydrogens is 310 g/mol. The molecule has 0 atom stereocenters. The van der Waals surface area contributed by atoms with Gasteiger partial charge in [0, 0.05) is 6.54 Å². The summed E-state index contributed by atoms with van der Waals surface area (Å²) in [4.78, 5) is 39.2. The number of rotatable bonds is 4. The van der Waals surface area contributed by atoms with Gasteiger partial charge in [-0.25, -0.2) is 9.59 Å². The van der Waals surface area contributed by atoms with Crippen LogP contribution in [0.25, 0.3) is 17.0 Å². The van der Waals surface area contributed by atoms with E-state index in [1.807, 2.05) is 12.2 Å². The Bertz CT molecular complexity index is 872. The normalized spacial score (nSPS) is 11.8. The smallest absolute Gasteiger partial charge is 0.407 e. The maximum Gasteiger partial charge on any atom is 0.407 e. The lowest BCUT2D eigenvalue weighted by molar-refractivity contribution is 0.0529. The molecule has 0 saturated heterocycles. The summed E-state index contributed by atoms with van der Waals surface area (Å²) < 4.78 is 5.13. The summed E-state index contributed by atoms with van der Waals surface area (Å²) in [5, 5.41) is 3.08. The summed E-state index contributed by atoms with van der Waals surface area (Å²) in [5.41, 5.74) is -0.136. The molecule has 0 aliphatic carbocycles. The van der Waals surface area contributed by atoms with E-state index in [9.17, 15) is 14.4 Å². The first-order valence-electron chi connectivity index (χ1n) is 7.64. The summed E-state index contributed by atoms with van der Waals surface area (Å²) in [7, 11) is 0. The SMILES string of the molecule is CC(C)(C)OC(=O)NCCC=Cc1ccc2[nH]c(=O)[nH]c(=O)c2c1. The Kier molecular flexibility index (Phi) is 5.23. The van der Waals surface area contributed by atoms with Gasteiger partial charge in [-0.2, -0.15) is 0 Å². The fraction of sp³-hybridized carbons (Fsp3) is 0.353.